The van der Waals surface area contributed by atoms with Gasteiger partial charge in [-0.1, -0.05) is 37.5 Å². The first-order valence-electron chi connectivity index (χ1n) is 8.20. The van der Waals surface area contributed by atoms with Gasteiger partial charge in [0, 0.05) is 12.1 Å². The molecule has 0 heterocycles. The molecular formula is C19H19NO4. The summed E-state index contributed by atoms with van der Waals surface area (Å²) in [7, 11) is 0. The molecule has 1 aliphatic carbocycles. The van der Waals surface area contributed by atoms with Crippen molar-refractivity contribution >= 4 is 11.7 Å². The topological polar surface area (TPSA) is 69.4 Å². The molecule has 0 spiro atoms. The Morgan fingerprint density at radius 1 is 1.04 bits per heavy atom. The Kier molecular flexibility index (Phi) is 4.89. The summed E-state index contributed by atoms with van der Waals surface area (Å²) in [4.78, 5) is 22.4. The molecule has 24 heavy (non-hydrogen) atoms. The van der Waals surface area contributed by atoms with Gasteiger partial charge in [0.25, 0.3) is 5.69 Å². The number of rotatable bonds is 4. The Bertz CT molecular complexity index is 733. The van der Waals surface area contributed by atoms with E-state index in [2.05, 4.69) is 0 Å². The Hall–Kier alpha value is -2.69. The van der Waals surface area contributed by atoms with Gasteiger partial charge in [-0.05, 0) is 42.5 Å². The summed E-state index contributed by atoms with van der Waals surface area (Å²) in [5.74, 6) is 0.454. The maximum absolute atomic E-state index is 12.1. The van der Waals surface area contributed by atoms with Crippen LogP contribution in [0.4, 0.5) is 5.69 Å². The van der Waals surface area contributed by atoms with Crippen LogP contribution in [0.2, 0.25) is 0 Å². The minimum Gasteiger partial charge on any atom is -0.423 e. The van der Waals surface area contributed by atoms with E-state index in [-0.39, 0.29) is 11.3 Å². The molecule has 2 aromatic rings. The van der Waals surface area contributed by atoms with Crippen LogP contribution >= 0.6 is 0 Å². The molecule has 0 radical (unpaired) electrons. The quantitative estimate of drug-likeness (QED) is 0.348. The van der Waals surface area contributed by atoms with E-state index in [1.807, 2.05) is 12.1 Å². The molecule has 0 saturated heterocycles. The van der Waals surface area contributed by atoms with E-state index < -0.39 is 10.9 Å². The van der Waals surface area contributed by atoms with Crippen LogP contribution in [0.5, 0.6) is 5.75 Å². The number of nitro groups is 1. The largest absolute Gasteiger partial charge is 0.423 e. The van der Waals surface area contributed by atoms with E-state index in [4.69, 9.17) is 4.74 Å². The number of carbonyl (C=O) groups excluding carboxylic acids is 1. The van der Waals surface area contributed by atoms with Crippen LogP contribution in [0.3, 0.4) is 0 Å². The van der Waals surface area contributed by atoms with Gasteiger partial charge >= 0.3 is 5.97 Å². The Labute approximate surface area is 140 Å². The fraction of sp³-hybridized carbons (Fsp3) is 0.316. The number of nitrogens with zero attached hydrogens (tertiary/aromatic N) is 1. The van der Waals surface area contributed by atoms with Crippen molar-refractivity contribution in [3.8, 4) is 5.75 Å². The van der Waals surface area contributed by atoms with Gasteiger partial charge in [0.15, 0.2) is 0 Å². The predicted molar refractivity (Wildman–Crippen MR) is 90.3 cm³/mol. The van der Waals surface area contributed by atoms with Crippen LogP contribution in [-0.2, 0) is 0 Å². The van der Waals surface area contributed by atoms with E-state index in [0.29, 0.717) is 11.7 Å². The number of non-ortho nitro benzene ring substituents is 1. The van der Waals surface area contributed by atoms with Gasteiger partial charge < -0.3 is 4.74 Å². The van der Waals surface area contributed by atoms with Crippen LogP contribution < -0.4 is 4.74 Å². The van der Waals surface area contributed by atoms with Crippen LogP contribution in [0, 0.1) is 10.1 Å². The van der Waals surface area contributed by atoms with E-state index in [0.717, 1.165) is 0 Å². The minimum atomic E-state index is -0.593. The first-order chi connectivity index (χ1) is 11.6. The lowest BCUT2D eigenvalue weighted by Crippen LogP contribution is -2.09. The Morgan fingerprint density at radius 3 is 2.42 bits per heavy atom. The molecule has 0 aromatic heterocycles. The van der Waals surface area contributed by atoms with Gasteiger partial charge in [0.05, 0.1) is 10.5 Å². The van der Waals surface area contributed by atoms with Crippen molar-refractivity contribution < 1.29 is 14.5 Å². The minimum absolute atomic E-state index is 0.128. The van der Waals surface area contributed by atoms with E-state index >= 15 is 0 Å². The molecular weight excluding hydrogens is 306 g/mol. The number of esters is 1. The number of nitro benzene ring substituents is 1. The predicted octanol–water partition coefficient (Wildman–Crippen LogP) is 4.86. The monoisotopic (exact) mass is 325 g/mol. The van der Waals surface area contributed by atoms with Crippen molar-refractivity contribution in [1.82, 2.24) is 0 Å². The number of ether oxygens (including phenoxy) is 1. The van der Waals surface area contributed by atoms with E-state index in [9.17, 15) is 14.9 Å². The number of hydrogen-bond acceptors (Lipinski definition) is 4. The average Bonchev–Trinajstić information content (AvgIpc) is 2.63. The molecule has 1 saturated carbocycles. The van der Waals surface area contributed by atoms with Gasteiger partial charge in [-0.15, -0.1) is 0 Å². The lowest BCUT2D eigenvalue weighted by Gasteiger charge is -2.22. The first-order valence-corrected chi connectivity index (χ1v) is 8.20. The third kappa shape index (κ3) is 3.79. The zero-order valence-electron chi connectivity index (χ0n) is 13.3. The molecule has 1 aliphatic rings. The third-order valence-corrected chi connectivity index (χ3v) is 4.46. The smallest absolute Gasteiger partial charge is 0.343 e. The number of benzene rings is 2. The highest BCUT2D eigenvalue weighted by atomic mass is 16.6. The summed E-state index contributed by atoms with van der Waals surface area (Å²) in [5.41, 5.74) is 1.32. The second-order valence-electron chi connectivity index (χ2n) is 6.10. The molecule has 1 fully saturated rings. The van der Waals surface area contributed by atoms with Crippen molar-refractivity contribution in [2.24, 2.45) is 0 Å². The maximum Gasteiger partial charge on any atom is 0.343 e. The molecule has 0 amide bonds. The maximum atomic E-state index is 12.1. The summed E-state index contributed by atoms with van der Waals surface area (Å²) in [6.45, 7) is 0. The highest BCUT2D eigenvalue weighted by Crippen LogP contribution is 2.33. The summed E-state index contributed by atoms with van der Waals surface area (Å²) in [6.07, 6.45) is 6.29. The molecule has 0 N–H and O–H groups in total. The van der Waals surface area contributed by atoms with Crippen molar-refractivity contribution in [2.45, 2.75) is 38.0 Å². The van der Waals surface area contributed by atoms with Gasteiger partial charge in [0.1, 0.15) is 5.75 Å². The summed E-state index contributed by atoms with van der Waals surface area (Å²) >= 11 is 0. The molecule has 5 nitrogen and oxygen atoms in total. The van der Waals surface area contributed by atoms with Crippen LogP contribution in [0.15, 0.2) is 48.5 Å². The fourth-order valence-electron chi connectivity index (χ4n) is 3.16. The van der Waals surface area contributed by atoms with Crippen LogP contribution in [-0.4, -0.2) is 10.9 Å². The molecule has 5 heteroatoms. The van der Waals surface area contributed by atoms with E-state index in [1.54, 1.807) is 12.1 Å². The number of hydrogen-bond donors (Lipinski definition) is 0. The van der Waals surface area contributed by atoms with Crippen molar-refractivity contribution in [3.63, 3.8) is 0 Å². The third-order valence-electron chi connectivity index (χ3n) is 4.46. The second kappa shape index (κ2) is 7.25. The standard InChI is InChI=1S/C19H19NO4/c21-19(16-7-4-8-17(13-16)20(22)23)24-18-11-9-15(10-12-18)14-5-2-1-3-6-14/h4,7-14H,1-3,5-6H2. The molecule has 124 valence electrons. The summed E-state index contributed by atoms with van der Waals surface area (Å²) < 4.78 is 5.32. The van der Waals surface area contributed by atoms with Gasteiger partial charge in [-0.2, -0.15) is 0 Å². The van der Waals surface area contributed by atoms with Gasteiger partial charge in [0.2, 0.25) is 0 Å². The Balaban J connectivity index is 1.68. The highest BCUT2D eigenvalue weighted by Gasteiger charge is 2.16. The fourth-order valence-corrected chi connectivity index (χ4v) is 3.16. The van der Waals surface area contributed by atoms with Crippen LogP contribution in [0.25, 0.3) is 0 Å². The van der Waals surface area contributed by atoms with Gasteiger partial charge in [-0.3, -0.25) is 10.1 Å². The zero-order valence-corrected chi connectivity index (χ0v) is 13.3. The van der Waals surface area contributed by atoms with Crippen molar-refractivity contribution in [2.75, 3.05) is 0 Å². The highest BCUT2D eigenvalue weighted by molar-refractivity contribution is 5.91. The molecule has 3 rings (SSSR count). The molecule has 0 aliphatic heterocycles. The average molecular weight is 325 g/mol. The summed E-state index contributed by atoms with van der Waals surface area (Å²) in [6, 6.07) is 13.1. The van der Waals surface area contributed by atoms with E-state index in [1.165, 1.54) is 61.9 Å². The SMILES string of the molecule is O=C(Oc1ccc(C2CCCCC2)cc1)c1cccc([N+](=O)[O-])c1. The second-order valence-corrected chi connectivity index (χ2v) is 6.10. The molecule has 0 atom stereocenters. The lowest BCUT2D eigenvalue weighted by molar-refractivity contribution is -0.384. The molecule has 0 unspecified atom stereocenters. The van der Waals surface area contributed by atoms with Crippen molar-refractivity contribution in [3.05, 3.63) is 69.8 Å². The normalized spacial score (nSPS) is 15.0. The van der Waals surface area contributed by atoms with Gasteiger partial charge in [-0.25, -0.2) is 4.79 Å². The molecule has 0 bridgehead atoms. The molecule has 2 aromatic carbocycles. The zero-order chi connectivity index (χ0) is 16.9. The van der Waals surface area contributed by atoms with Crippen LogP contribution in [0.1, 0.15) is 53.9 Å². The number of carbonyl (C=O) groups is 1. The van der Waals surface area contributed by atoms with Crippen molar-refractivity contribution in [1.29, 1.82) is 0 Å². The summed E-state index contributed by atoms with van der Waals surface area (Å²) in [5, 5.41) is 10.8. The Morgan fingerprint density at radius 2 is 1.75 bits per heavy atom. The lowest BCUT2D eigenvalue weighted by atomic mass is 9.84. The first kappa shape index (κ1) is 16.2.